The molecule has 1 aromatic rings. The van der Waals surface area contributed by atoms with E-state index < -0.39 is 0 Å². The van der Waals surface area contributed by atoms with Crippen LogP contribution in [-0.2, 0) is 6.54 Å². The fourth-order valence-corrected chi connectivity index (χ4v) is 1.34. The first-order valence-corrected chi connectivity index (χ1v) is 5.71. The molecule has 86 valence electrons. The van der Waals surface area contributed by atoms with E-state index in [4.69, 9.17) is 4.42 Å². The Labute approximate surface area is 92.2 Å². The van der Waals surface area contributed by atoms with E-state index in [1.807, 2.05) is 19.1 Å². The van der Waals surface area contributed by atoms with Crippen LogP contribution in [0, 0.1) is 6.92 Å². The van der Waals surface area contributed by atoms with Gasteiger partial charge in [0.1, 0.15) is 11.5 Å². The molecule has 0 fully saturated rings. The van der Waals surface area contributed by atoms with Gasteiger partial charge in [-0.15, -0.1) is 0 Å². The molecule has 2 N–H and O–H groups in total. The molecule has 1 heterocycles. The highest BCUT2D eigenvalue weighted by Gasteiger charge is 1.98. The van der Waals surface area contributed by atoms with E-state index in [0.717, 1.165) is 31.2 Å². The van der Waals surface area contributed by atoms with Crippen LogP contribution in [0.3, 0.4) is 0 Å². The van der Waals surface area contributed by atoms with Gasteiger partial charge in [-0.1, -0.05) is 6.92 Å². The van der Waals surface area contributed by atoms with Crippen molar-refractivity contribution < 1.29 is 4.42 Å². The summed E-state index contributed by atoms with van der Waals surface area (Å²) in [6, 6.07) is 4.62. The molecule has 1 unspecified atom stereocenters. The van der Waals surface area contributed by atoms with E-state index >= 15 is 0 Å². The third-order valence-electron chi connectivity index (χ3n) is 2.50. The lowest BCUT2D eigenvalue weighted by molar-refractivity contribution is 0.454. The standard InChI is InChI=1S/C12H22N2O/c1-4-10(2)14-8-7-13-9-12-6-5-11(3)15-12/h5-6,10,13-14H,4,7-9H2,1-3H3. The highest BCUT2D eigenvalue weighted by molar-refractivity contribution is 5.04. The highest BCUT2D eigenvalue weighted by Crippen LogP contribution is 2.04. The molecule has 1 rings (SSSR count). The summed E-state index contributed by atoms with van der Waals surface area (Å²) in [4.78, 5) is 0. The van der Waals surface area contributed by atoms with Gasteiger partial charge in [-0.25, -0.2) is 0 Å². The van der Waals surface area contributed by atoms with E-state index in [2.05, 4.69) is 24.5 Å². The van der Waals surface area contributed by atoms with Crippen molar-refractivity contribution in [2.45, 2.75) is 39.8 Å². The van der Waals surface area contributed by atoms with Gasteiger partial charge in [0.15, 0.2) is 0 Å². The summed E-state index contributed by atoms with van der Waals surface area (Å²) in [5.74, 6) is 1.99. The van der Waals surface area contributed by atoms with Crippen LogP contribution in [0.5, 0.6) is 0 Å². The minimum atomic E-state index is 0.609. The van der Waals surface area contributed by atoms with Crippen LogP contribution in [0.2, 0.25) is 0 Å². The summed E-state index contributed by atoms with van der Waals surface area (Å²) in [7, 11) is 0. The van der Waals surface area contributed by atoms with Crippen molar-refractivity contribution in [1.29, 1.82) is 0 Å². The van der Waals surface area contributed by atoms with Crippen LogP contribution in [0.25, 0.3) is 0 Å². The van der Waals surface area contributed by atoms with Crippen molar-refractivity contribution in [3.63, 3.8) is 0 Å². The number of rotatable bonds is 7. The van der Waals surface area contributed by atoms with Crippen LogP contribution in [0.15, 0.2) is 16.5 Å². The smallest absolute Gasteiger partial charge is 0.117 e. The maximum absolute atomic E-state index is 5.45. The zero-order chi connectivity index (χ0) is 11.1. The number of hydrogen-bond acceptors (Lipinski definition) is 3. The molecule has 0 aromatic carbocycles. The molecule has 0 saturated heterocycles. The molecule has 0 aliphatic heterocycles. The number of hydrogen-bond donors (Lipinski definition) is 2. The average Bonchev–Trinajstić information content (AvgIpc) is 2.63. The van der Waals surface area contributed by atoms with Crippen LogP contribution < -0.4 is 10.6 Å². The van der Waals surface area contributed by atoms with Gasteiger partial charge >= 0.3 is 0 Å². The molecule has 0 bridgehead atoms. The summed E-state index contributed by atoms with van der Waals surface area (Å²) in [6.45, 7) is 9.16. The van der Waals surface area contributed by atoms with E-state index in [-0.39, 0.29) is 0 Å². The van der Waals surface area contributed by atoms with Gasteiger partial charge in [0, 0.05) is 19.1 Å². The minimum absolute atomic E-state index is 0.609. The molecule has 0 amide bonds. The van der Waals surface area contributed by atoms with Crippen molar-refractivity contribution in [3.05, 3.63) is 23.7 Å². The molecule has 0 spiro atoms. The Morgan fingerprint density at radius 3 is 2.73 bits per heavy atom. The van der Waals surface area contributed by atoms with Crippen LogP contribution in [0.1, 0.15) is 31.8 Å². The minimum Gasteiger partial charge on any atom is -0.465 e. The van der Waals surface area contributed by atoms with Gasteiger partial charge in [-0.3, -0.25) is 0 Å². The topological polar surface area (TPSA) is 37.2 Å². The maximum atomic E-state index is 5.45. The SMILES string of the molecule is CCC(C)NCCNCc1ccc(C)o1. The first kappa shape index (κ1) is 12.3. The lowest BCUT2D eigenvalue weighted by Gasteiger charge is -2.10. The van der Waals surface area contributed by atoms with E-state index in [0.29, 0.717) is 6.04 Å². The van der Waals surface area contributed by atoms with Crippen molar-refractivity contribution in [1.82, 2.24) is 10.6 Å². The lowest BCUT2D eigenvalue weighted by atomic mass is 10.2. The normalized spacial score (nSPS) is 13.0. The zero-order valence-corrected chi connectivity index (χ0v) is 9.97. The van der Waals surface area contributed by atoms with Crippen molar-refractivity contribution >= 4 is 0 Å². The van der Waals surface area contributed by atoms with Crippen molar-refractivity contribution in [3.8, 4) is 0 Å². The second-order valence-corrected chi connectivity index (χ2v) is 3.95. The summed E-state index contributed by atoms with van der Waals surface area (Å²) in [5.41, 5.74) is 0. The summed E-state index contributed by atoms with van der Waals surface area (Å²) >= 11 is 0. The third-order valence-corrected chi connectivity index (χ3v) is 2.50. The number of aryl methyl sites for hydroxylation is 1. The van der Waals surface area contributed by atoms with Gasteiger partial charge < -0.3 is 15.1 Å². The van der Waals surface area contributed by atoms with E-state index in [1.54, 1.807) is 0 Å². The summed E-state index contributed by atoms with van der Waals surface area (Å²) in [6.07, 6.45) is 1.18. The summed E-state index contributed by atoms with van der Waals surface area (Å²) in [5, 5.41) is 6.77. The van der Waals surface area contributed by atoms with Crippen LogP contribution in [-0.4, -0.2) is 19.1 Å². The molecule has 0 radical (unpaired) electrons. The molecule has 1 aromatic heterocycles. The maximum Gasteiger partial charge on any atom is 0.117 e. The molecule has 0 aliphatic carbocycles. The molecule has 3 nitrogen and oxygen atoms in total. The fraction of sp³-hybridized carbons (Fsp3) is 0.667. The van der Waals surface area contributed by atoms with Crippen LogP contribution >= 0.6 is 0 Å². The van der Waals surface area contributed by atoms with Gasteiger partial charge in [0.2, 0.25) is 0 Å². The van der Waals surface area contributed by atoms with Gasteiger partial charge in [0.25, 0.3) is 0 Å². The quantitative estimate of drug-likeness (QED) is 0.676. The Hall–Kier alpha value is -0.800. The highest BCUT2D eigenvalue weighted by atomic mass is 16.3. The second-order valence-electron chi connectivity index (χ2n) is 3.95. The Morgan fingerprint density at radius 2 is 2.13 bits per heavy atom. The predicted octanol–water partition coefficient (Wildman–Crippen LogP) is 2.07. The molecule has 0 aliphatic rings. The predicted molar refractivity (Wildman–Crippen MR) is 62.9 cm³/mol. The van der Waals surface area contributed by atoms with Gasteiger partial charge in [0.05, 0.1) is 6.54 Å². The Bertz CT molecular complexity index is 270. The third kappa shape index (κ3) is 5.00. The first-order chi connectivity index (χ1) is 7.22. The second kappa shape index (κ2) is 6.64. The largest absolute Gasteiger partial charge is 0.465 e. The molecule has 0 saturated carbocycles. The Morgan fingerprint density at radius 1 is 1.33 bits per heavy atom. The molecule has 3 heteroatoms. The molecular formula is C12H22N2O. The van der Waals surface area contributed by atoms with E-state index in [1.165, 1.54) is 6.42 Å². The molecule has 15 heavy (non-hydrogen) atoms. The first-order valence-electron chi connectivity index (χ1n) is 5.71. The molecule has 1 atom stereocenters. The zero-order valence-electron chi connectivity index (χ0n) is 9.97. The number of furan rings is 1. The lowest BCUT2D eigenvalue weighted by Crippen LogP contribution is -2.32. The summed E-state index contributed by atoms with van der Waals surface area (Å²) < 4.78 is 5.45. The number of nitrogens with one attached hydrogen (secondary N) is 2. The monoisotopic (exact) mass is 210 g/mol. The Kier molecular flexibility index (Phi) is 5.43. The molecular weight excluding hydrogens is 188 g/mol. The van der Waals surface area contributed by atoms with Crippen molar-refractivity contribution in [2.24, 2.45) is 0 Å². The van der Waals surface area contributed by atoms with E-state index in [9.17, 15) is 0 Å². The van der Waals surface area contributed by atoms with Crippen LogP contribution in [0.4, 0.5) is 0 Å². The Balaban J connectivity index is 2.02. The van der Waals surface area contributed by atoms with Crippen molar-refractivity contribution in [2.75, 3.05) is 13.1 Å². The fourth-order valence-electron chi connectivity index (χ4n) is 1.34. The average molecular weight is 210 g/mol. The van der Waals surface area contributed by atoms with Gasteiger partial charge in [-0.05, 0) is 32.4 Å². The van der Waals surface area contributed by atoms with Gasteiger partial charge in [-0.2, -0.15) is 0 Å².